The number of hydrogen-bond donors (Lipinski definition) is 0. The zero-order chi connectivity index (χ0) is 16.7. The van der Waals surface area contributed by atoms with Crippen LogP contribution in [0.25, 0.3) is 11.0 Å². The smallest absolute Gasteiger partial charge is 0.416 e. The molecule has 9 heteroatoms. The average molecular weight is 326 g/mol. The number of fused-ring (bicyclic) bond motifs is 1. The van der Waals surface area contributed by atoms with Crippen LogP contribution in [0.1, 0.15) is 17.3 Å². The molecule has 1 amide bonds. The molecule has 1 aliphatic heterocycles. The van der Waals surface area contributed by atoms with Gasteiger partial charge in [-0.3, -0.25) is 4.79 Å². The summed E-state index contributed by atoms with van der Waals surface area (Å²) in [4.78, 5) is 24.0. The Morgan fingerprint density at radius 1 is 1.48 bits per heavy atom. The van der Waals surface area contributed by atoms with Gasteiger partial charge in [0.25, 0.3) is 0 Å². The monoisotopic (exact) mass is 326 g/mol. The van der Waals surface area contributed by atoms with E-state index < -0.39 is 41.0 Å². The minimum absolute atomic E-state index is 0.00171. The third-order valence-corrected chi connectivity index (χ3v) is 3.83. The number of cyclic esters (lactones) is 1. The number of aldehydes is 1. The molecule has 1 saturated heterocycles. The van der Waals surface area contributed by atoms with E-state index in [4.69, 9.17) is 14.0 Å². The molecule has 0 spiro atoms. The molecule has 1 aromatic heterocycles. The highest BCUT2D eigenvalue weighted by Crippen LogP contribution is 2.34. The first-order valence-corrected chi connectivity index (χ1v) is 6.71. The molecular formula is C14H12F2N2O5. The van der Waals surface area contributed by atoms with E-state index in [0.717, 1.165) is 11.0 Å². The van der Waals surface area contributed by atoms with E-state index in [1.807, 2.05) is 0 Å². The van der Waals surface area contributed by atoms with E-state index in [1.54, 1.807) is 6.92 Å². The van der Waals surface area contributed by atoms with Gasteiger partial charge in [0, 0.05) is 7.11 Å². The molecule has 2 heterocycles. The molecule has 122 valence electrons. The van der Waals surface area contributed by atoms with E-state index in [-0.39, 0.29) is 24.1 Å². The first kappa shape index (κ1) is 15.3. The molecule has 2 atom stereocenters. The number of nitrogens with zero attached hydrogens (tertiary/aromatic N) is 2. The van der Waals surface area contributed by atoms with Gasteiger partial charge in [-0.2, -0.15) is 4.39 Å². The van der Waals surface area contributed by atoms with Crippen LogP contribution in [0, 0.1) is 11.6 Å². The predicted octanol–water partition coefficient (Wildman–Crippen LogP) is 2.28. The van der Waals surface area contributed by atoms with E-state index in [2.05, 4.69) is 5.16 Å². The number of anilines is 1. The number of ether oxygens (including phenoxy) is 2. The van der Waals surface area contributed by atoms with Crippen molar-refractivity contribution in [3.8, 4) is 0 Å². The fraction of sp³-hybridized carbons (Fsp3) is 0.357. The Bertz CT molecular complexity index is 791. The minimum Gasteiger partial charge on any atom is -0.447 e. The summed E-state index contributed by atoms with van der Waals surface area (Å²) in [5, 5.41) is 3.64. The number of methoxy groups -OCH3 is 1. The molecule has 0 N–H and O–H groups in total. The van der Waals surface area contributed by atoms with Crippen LogP contribution >= 0.6 is 0 Å². The second-order valence-corrected chi connectivity index (χ2v) is 5.05. The number of aromatic nitrogens is 1. The number of benzene rings is 1. The van der Waals surface area contributed by atoms with Crippen LogP contribution in [-0.4, -0.2) is 43.4 Å². The van der Waals surface area contributed by atoms with Crippen molar-refractivity contribution >= 4 is 29.2 Å². The van der Waals surface area contributed by atoms with E-state index >= 15 is 0 Å². The summed E-state index contributed by atoms with van der Waals surface area (Å²) in [6, 6.07) is 0.556. The summed E-state index contributed by atoms with van der Waals surface area (Å²) in [5.41, 5.74) is -0.977. The molecule has 0 bridgehead atoms. The molecule has 23 heavy (non-hydrogen) atoms. The average Bonchev–Trinajstić information content (AvgIpc) is 3.13. The number of halogens is 2. The van der Waals surface area contributed by atoms with Crippen molar-refractivity contribution in [3.05, 3.63) is 23.3 Å². The number of carbonyl (C=O) groups is 2. The van der Waals surface area contributed by atoms with Crippen LogP contribution in [0.5, 0.6) is 0 Å². The Hall–Kier alpha value is -2.55. The molecule has 0 saturated carbocycles. The van der Waals surface area contributed by atoms with Gasteiger partial charge in [-0.25, -0.2) is 14.1 Å². The molecule has 1 aromatic carbocycles. The fourth-order valence-electron chi connectivity index (χ4n) is 2.46. The van der Waals surface area contributed by atoms with Gasteiger partial charge in [0.1, 0.15) is 12.6 Å². The Morgan fingerprint density at radius 3 is 2.87 bits per heavy atom. The highest BCUT2D eigenvalue weighted by Gasteiger charge is 2.41. The largest absolute Gasteiger partial charge is 0.447 e. The number of carbonyl (C=O) groups excluding carboxylic acids is 2. The van der Waals surface area contributed by atoms with Gasteiger partial charge < -0.3 is 14.0 Å². The van der Waals surface area contributed by atoms with Crippen LogP contribution in [0.4, 0.5) is 19.4 Å². The highest BCUT2D eigenvalue weighted by atomic mass is 19.2. The maximum atomic E-state index is 13.9. The van der Waals surface area contributed by atoms with Crippen molar-refractivity contribution in [2.24, 2.45) is 0 Å². The van der Waals surface area contributed by atoms with Gasteiger partial charge in [0.15, 0.2) is 17.9 Å². The molecule has 0 radical (unpaired) electrons. The SMILES string of the molecule is CO[C@@H](C)[C@H]1COC(=O)N1c1noc2c(F)c(F)c(C=O)cc12. The maximum Gasteiger partial charge on any atom is 0.416 e. The standard InChI is InChI=1S/C14H12F2N2O5/c1-6(21-2)9-5-22-14(20)18(9)13-8-3-7(4-19)10(15)11(16)12(8)23-17-13/h3-4,6,9H,5H2,1-2H3/t6-,9+/m0/s1. The van der Waals surface area contributed by atoms with Crippen molar-refractivity contribution in [1.29, 1.82) is 0 Å². The third kappa shape index (κ3) is 2.24. The molecular weight excluding hydrogens is 314 g/mol. The second kappa shape index (κ2) is 5.58. The lowest BCUT2D eigenvalue weighted by atomic mass is 10.1. The number of amides is 1. The van der Waals surface area contributed by atoms with Gasteiger partial charge in [0.2, 0.25) is 11.4 Å². The zero-order valence-electron chi connectivity index (χ0n) is 12.2. The molecule has 1 aliphatic rings. The molecule has 0 unspecified atom stereocenters. The number of hydrogen-bond acceptors (Lipinski definition) is 6. The van der Waals surface area contributed by atoms with Crippen molar-refractivity contribution in [3.63, 3.8) is 0 Å². The first-order valence-electron chi connectivity index (χ1n) is 6.71. The van der Waals surface area contributed by atoms with Gasteiger partial charge in [0.05, 0.1) is 17.1 Å². The number of rotatable bonds is 4. The van der Waals surface area contributed by atoms with Crippen LogP contribution in [-0.2, 0) is 9.47 Å². The van der Waals surface area contributed by atoms with E-state index in [1.165, 1.54) is 7.11 Å². The predicted molar refractivity (Wildman–Crippen MR) is 73.4 cm³/mol. The van der Waals surface area contributed by atoms with Crippen LogP contribution in [0.3, 0.4) is 0 Å². The van der Waals surface area contributed by atoms with Crippen molar-refractivity contribution in [1.82, 2.24) is 5.16 Å². The van der Waals surface area contributed by atoms with E-state index in [0.29, 0.717) is 0 Å². The van der Waals surface area contributed by atoms with E-state index in [9.17, 15) is 18.4 Å². The van der Waals surface area contributed by atoms with Crippen molar-refractivity contribution < 1.29 is 32.4 Å². The second-order valence-electron chi connectivity index (χ2n) is 5.05. The van der Waals surface area contributed by atoms with Gasteiger partial charge >= 0.3 is 6.09 Å². The summed E-state index contributed by atoms with van der Waals surface area (Å²) < 4.78 is 42.5. The third-order valence-electron chi connectivity index (χ3n) is 3.83. The van der Waals surface area contributed by atoms with Crippen LogP contribution in [0.2, 0.25) is 0 Å². The molecule has 7 nitrogen and oxygen atoms in total. The van der Waals surface area contributed by atoms with Crippen LogP contribution in [0.15, 0.2) is 10.6 Å². The topological polar surface area (TPSA) is 81.9 Å². The Balaban J connectivity index is 2.18. The summed E-state index contributed by atoms with van der Waals surface area (Å²) in [5.74, 6) is -2.73. The zero-order valence-corrected chi connectivity index (χ0v) is 12.2. The Morgan fingerprint density at radius 2 is 2.22 bits per heavy atom. The van der Waals surface area contributed by atoms with Gasteiger partial charge in [-0.05, 0) is 13.0 Å². The Labute approximate surface area is 128 Å². The molecule has 1 fully saturated rings. The van der Waals surface area contributed by atoms with Gasteiger partial charge in [-0.15, -0.1) is 0 Å². The lowest BCUT2D eigenvalue weighted by Crippen LogP contribution is -2.42. The summed E-state index contributed by atoms with van der Waals surface area (Å²) in [7, 11) is 1.46. The molecule has 0 aliphatic carbocycles. The first-order chi connectivity index (χ1) is 11.0. The molecule has 2 aromatic rings. The van der Waals surface area contributed by atoms with Crippen molar-refractivity contribution in [2.75, 3.05) is 18.6 Å². The minimum atomic E-state index is -1.34. The lowest BCUT2D eigenvalue weighted by molar-refractivity contribution is 0.0881. The van der Waals surface area contributed by atoms with Crippen molar-refractivity contribution in [2.45, 2.75) is 19.1 Å². The lowest BCUT2D eigenvalue weighted by Gasteiger charge is -2.23. The fourth-order valence-corrected chi connectivity index (χ4v) is 2.46. The Kier molecular flexibility index (Phi) is 3.72. The quantitative estimate of drug-likeness (QED) is 0.802. The van der Waals surface area contributed by atoms with Crippen LogP contribution < -0.4 is 4.90 Å². The molecule has 3 rings (SSSR count). The van der Waals surface area contributed by atoms with Gasteiger partial charge in [-0.1, -0.05) is 5.16 Å². The maximum absolute atomic E-state index is 13.9. The highest BCUT2D eigenvalue weighted by molar-refractivity contribution is 6.01. The summed E-state index contributed by atoms with van der Waals surface area (Å²) >= 11 is 0. The summed E-state index contributed by atoms with van der Waals surface area (Å²) in [6.07, 6.45) is -0.942. The summed E-state index contributed by atoms with van der Waals surface area (Å²) in [6.45, 7) is 1.77. The normalized spacial score (nSPS) is 19.2.